The molecule has 2 aromatic rings. The largest absolute Gasteiger partial charge is 0.383 e. The summed E-state index contributed by atoms with van der Waals surface area (Å²) in [6, 6.07) is 7.63. The van der Waals surface area contributed by atoms with Gasteiger partial charge in [-0.15, -0.1) is 11.3 Å². The van der Waals surface area contributed by atoms with E-state index in [1.54, 1.807) is 17.5 Å². The van der Waals surface area contributed by atoms with Gasteiger partial charge in [-0.3, -0.25) is 4.79 Å². The van der Waals surface area contributed by atoms with Gasteiger partial charge in [0.05, 0.1) is 18.3 Å². The Morgan fingerprint density at radius 2 is 2.19 bits per heavy atom. The van der Waals surface area contributed by atoms with Crippen LogP contribution in [0.1, 0.15) is 4.88 Å². The van der Waals surface area contributed by atoms with Crippen molar-refractivity contribution in [1.82, 2.24) is 9.88 Å². The Hall–Kier alpha value is -1.92. The van der Waals surface area contributed by atoms with Crippen molar-refractivity contribution >= 4 is 28.7 Å². The molecule has 0 fully saturated rings. The molecule has 0 aliphatic rings. The molecule has 0 atom stereocenters. The Morgan fingerprint density at radius 3 is 2.81 bits per heavy atom. The number of likely N-dealkylation sites (N-methyl/N-ethyl adjacent to an activating group) is 1. The van der Waals surface area contributed by atoms with Gasteiger partial charge in [0, 0.05) is 18.0 Å². The molecule has 5 nitrogen and oxygen atoms in total. The number of thiophene rings is 1. The highest BCUT2D eigenvalue weighted by Crippen LogP contribution is 2.12. The van der Waals surface area contributed by atoms with Crippen molar-refractivity contribution in [2.45, 2.75) is 6.42 Å². The molecule has 0 aromatic carbocycles. The Balaban J connectivity index is 1.80. The van der Waals surface area contributed by atoms with Crippen LogP contribution < -0.4 is 10.6 Å². The Labute approximate surface area is 129 Å². The SMILES string of the molecule is CN(C)CCNc1ccc(NC(=O)Cc2cccs2)nc1. The number of aromatic nitrogens is 1. The minimum atomic E-state index is -0.0433. The van der Waals surface area contributed by atoms with Crippen molar-refractivity contribution in [2.24, 2.45) is 0 Å². The van der Waals surface area contributed by atoms with Gasteiger partial charge in [0.2, 0.25) is 5.91 Å². The minimum absolute atomic E-state index is 0.0433. The first-order valence-corrected chi connectivity index (χ1v) is 7.68. The summed E-state index contributed by atoms with van der Waals surface area (Å²) in [6.45, 7) is 1.82. The molecule has 6 heteroatoms. The maximum absolute atomic E-state index is 11.8. The molecule has 2 heterocycles. The minimum Gasteiger partial charge on any atom is -0.383 e. The maximum Gasteiger partial charge on any atom is 0.230 e. The molecule has 2 aromatic heterocycles. The Kier molecular flexibility index (Phi) is 5.71. The summed E-state index contributed by atoms with van der Waals surface area (Å²) < 4.78 is 0. The molecule has 1 amide bonds. The van der Waals surface area contributed by atoms with Gasteiger partial charge in [-0.25, -0.2) is 4.98 Å². The van der Waals surface area contributed by atoms with Crippen molar-refractivity contribution in [1.29, 1.82) is 0 Å². The molecule has 2 rings (SSSR count). The number of hydrogen-bond acceptors (Lipinski definition) is 5. The second-order valence-electron chi connectivity index (χ2n) is 4.97. The number of carbonyl (C=O) groups excluding carboxylic acids is 1. The Bertz CT molecular complexity index is 552. The lowest BCUT2D eigenvalue weighted by Crippen LogP contribution is -2.20. The van der Waals surface area contributed by atoms with Crippen LogP contribution in [0.15, 0.2) is 35.8 Å². The fourth-order valence-corrected chi connectivity index (χ4v) is 2.46. The van der Waals surface area contributed by atoms with E-state index in [2.05, 4.69) is 20.5 Å². The predicted octanol–water partition coefficient (Wildman–Crippen LogP) is 2.30. The maximum atomic E-state index is 11.8. The van der Waals surface area contributed by atoms with Crippen LogP contribution in [0.2, 0.25) is 0 Å². The molecule has 0 radical (unpaired) electrons. The zero-order valence-corrected chi connectivity index (χ0v) is 13.1. The molecular weight excluding hydrogens is 284 g/mol. The van der Waals surface area contributed by atoms with Gasteiger partial charge < -0.3 is 15.5 Å². The smallest absolute Gasteiger partial charge is 0.230 e. The number of nitrogens with one attached hydrogen (secondary N) is 2. The first-order valence-electron chi connectivity index (χ1n) is 6.80. The summed E-state index contributed by atoms with van der Waals surface area (Å²) in [5.74, 6) is 0.535. The highest BCUT2D eigenvalue weighted by atomic mass is 32.1. The summed E-state index contributed by atoms with van der Waals surface area (Å²) in [5, 5.41) is 8.05. The second-order valence-corrected chi connectivity index (χ2v) is 6.00. The first kappa shape index (κ1) is 15.5. The van der Waals surface area contributed by atoms with E-state index in [4.69, 9.17) is 0 Å². The second kappa shape index (κ2) is 7.75. The van der Waals surface area contributed by atoms with Gasteiger partial charge in [0.1, 0.15) is 5.82 Å². The molecule has 0 unspecified atom stereocenters. The molecule has 2 N–H and O–H groups in total. The molecule has 0 saturated heterocycles. The van der Waals surface area contributed by atoms with Gasteiger partial charge >= 0.3 is 0 Å². The lowest BCUT2D eigenvalue weighted by molar-refractivity contribution is -0.115. The standard InChI is InChI=1S/C15H20N4OS/c1-19(2)8-7-16-12-5-6-14(17-11-12)18-15(20)10-13-4-3-9-21-13/h3-6,9,11,16H,7-8,10H2,1-2H3,(H,17,18,20). The average Bonchev–Trinajstić information content (AvgIpc) is 2.93. The van der Waals surface area contributed by atoms with Gasteiger partial charge in [-0.2, -0.15) is 0 Å². The van der Waals surface area contributed by atoms with Crippen LogP contribution in [0.3, 0.4) is 0 Å². The zero-order chi connectivity index (χ0) is 15.1. The number of amides is 1. The predicted molar refractivity (Wildman–Crippen MR) is 87.9 cm³/mol. The lowest BCUT2D eigenvalue weighted by Gasteiger charge is -2.11. The third-order valence-corrected chi connectivity index (χ3v) is 3.71. The third-order valence-electron chi connectivity index (χ3n) is 2.83. The van der Waals surface area contributed by atoms with Crippen molar-refractivity contribution in [3.05, 3.63) is 40.7 Å². The van der Waals surface area contributed by atoms with Crippen LogP contribution in [0.5, 0.6) is 0 Å². The molecule has 0 bridgehead atoms. The average molecular weight is 304 g/mol. The zero-order valence-electron chi connectivity index (χ0n) is 12.3. The van der Waals surface area contributed by atoms with E-state index in [0.717, 1.165) is 23.7 Å². The van der Waals surface area contributed by atoms with Gasteiger partial charge in [-0.05, 0) is 37.7 Å². The molecular formula is C15H20N4OS. The van der Waals surface area contributed by atoms with Crippen LogP contribution in [-0.2, 0) is 11.2 Å². The highest BCUT2D eigenvalue weighted by molar-refractivity contribution is 7.10. The quantitative estimate of drug-likeness (QED) is 0.824. The van der Waals surface area contributed by atoms with E-state index in [1.807, 2.05) is 43.7 Å². The highest BCUT2D eigenvalue weighted by Gasteiger charge is 2.05. The van der Waals surface area contributed by atoms with E-state index in [9.17, 15) is 4.79 Å². The van der Waals surface area contributed by atoms with E-state index < -0.39 is 0 Å². The molecule has 0 saturated carbocycles. The topological polar surface area (TPSA) is 57.3 Å². The normalized spacial score (nSPS) is 10.6. The summed E-state index contributed by atoms with van der Waals surface area (Å²) in [6.07, 6.45) is 2.12. The van der Waals surface area contributed by atoms with Gasteiger partial charge in [0.25, 0.3) is 0 Å². The summed E-state index contributed by atoms with van der Waals surface area (Å²) in [7, 11) is 4.07. The number of nitrogens with zero attached hydrogens (tertiary/aromatic N) is 2. The number of pyridine rings is 1. The summed E-state index contributed by atoms with van der Waals surface area (Å²) in [4.78, 5) is 19.2. The van der Waals surface area contributed by atoms with Crippen molar-refractivity contribution in [3.63, 3.8) is 0 Å². The molecule has 112 valence electrons. The van der Waals surface area contributed by atoms with E-state index >= 15 is 0 Å². The first-order chi connectivity index (χ1) is 10.1. The number of anilines is 2. The third kappa shape index (κ3) is 5.53. The fourth-order valence-electron chi connectivity index (χ4n) is 1.75. The molecule has 0 aliphatic carbocycles. The van der Waals surface area contributed by atoms with E-state index in [0.29, 0.717) is 12.2 Å². The number of carbonyl (C=O) groups is 1. The molecule has 0 spiro atoms. The summed E-state index contributed by atoms with van der Waals surface area (Å²) in [5.41, 5.74) is 0.952. The fraction of sp³-hybridized carbons (Fsp3) is 0.333. The van der Waals surface area contributed by atoms with Crippen LogP contribution in [0, 0.1) is 0 Å². The van der Waals surface area contributed by atoms with Gasteiger partial charge in [-0.1, -0.05) is 6.07 Å². The van der Waals surface area contributed by atoms with E-state index in [1.165, 1.54) is 0 Å². The molecule has 21 heavy (non-hydrogen) atoms. The van der Waals surface area contributed by atoms with Crippen LogP contribution in [-0.4, -0.2) is 43.0 Å². The van der Waals surface area contributed by atoms with Crippen LogP contribution in [0.25, 0.3) is 0 Å². The van der Waals surface area contributed by atoms with E-state index in [-0.39, 0.29) is 5.91 Å². The molecule has 0 aliphatic heterocycles. The summed E-state index contributed by atoms with van der Waals surface area (Å²) >= 11 is 1.58. The van der Waals surface area contributed by atoms with Crippen LogP contribution >= 0.6 is 11.3 Å². The monoisotopic (exact) mass is 304 g/mol. The van der Waals surface area contributed by atoms with Crippen molar-refractivity contribution in [3.8, 4) is 0 Å². The Morgan fingerprint density at radius 1 is 1.33 bits per heavy atom. The van der Waals surface area contributed by atoms with Gasteiger partial charge in [0.15, 0.2) is 0 Å². The number of hydrogen-bond donors (Lipinski definition) is 2. The van der Waals surface area contributed by atoms with Crippen LogP contribution in [0.4, 0.5) is 11.5 Å². The van der Waals surface area contributed by atoms with Crippen molar-refractivity contribution < 1.29 is 4.79 Å². The van der Waals surface area contributed by atoms with Crippen molar-refractivity contribution in [2.75, 3.05) is 37.8 Å². The lowest BCUT2D eigenvalue weighted by atomic mass is 10.3. The number of rotatable bonds is 7.